The number of rotatable bonds is 5. The third-order valence-electron chi connectivity index (χ3n) is 4.49. The number of hydrogen-bond donors (Lipinski definition) is 2. The first-order chi connectivity index (χ1) is 11.0. The van der Waals surface area contributed by atoms with Gasteiger partial charge in [0.15, 0.2) is 0 Å². The largest absolute Gasteiger partial charge is 0.346 e. The Kier molecular flexibility index (Phi) is 6.16. The second kappa shape index (κ2) is 8.11. The maximum Gasteiger partial charge on any atom is 0.243 e. The van der Waals surface area contributed by atoms with Gasteiger partial charge in [-0.25, -0.2) is 0 Å². The molecule has 5 nitrogen and oxygen atoms in total. The highest BCUT2D eigenvalue weighted by molar-refractivity contribution is 5.96. The molecule has 5 heteroatoms. The van der Waals surface area contributed by atoms with Crippen LogP contribution in [0.2, 0.25) is 0 Å². The molecular weight excluding hydrogens is 290 g/mol. The summed E-state index contributed by atoms with van der Waals surface area (Å²) in [6.07, 6.45) is 3.53. The number of carbonyl (C=O) groups excluding carboxylic acids is 2. The maximum absolute atomic E-state index is 12.2. The van der Waals surface area contributed by atoms with E-state index in [1.165, 1.54) is 6.42 Å². The van der Waals surface area contributed by atoms with Gasteiger partial charge in [0.05, 0.1) is 12.6 Å². The first-order valence-corrected chi connectivity index (χ1v) is 8.37. The topological polar surface area (TPSA) is 61.4 Å². The van der Waals surface area contributed by atoms with Crippen molar-refractivity contribution < 1.29 is 9.59 Å². The van der Waals surface area contributed by atoms with E-state index in [0.29, 0.717) is 0 Å². The van der Waals surface area contributed by atoms with Gasteiger partial charge in [-0.05, 0) is 57.8 Å². The van der Waals surface area contributed by atoms with Gasteiger partial charge in [0.2, 0.25) is 11.8 Å². The van der Waals surface area contributed by atoms with Crippen LogP contribution in [0.25, 0.3) is 0 Å². The van der Waals surface area contributed by atoms with Crippen LogP contribution in [0, 0.1) is 13.8 Å². The third kappa shape index (κ3) is 4.79. The number of nitrogens with one attached hydrogen (secondary N) is 2. The van der Waals surface area contributed by atoms with Gasteiger partial charge in [0.1, 0.15) is 0 Å². The van der Waals surface area contributed by atoms with Crippen molar-refractivity contribution in [3.63, 3.8) is 0 Å². The molecule has 1 atom stereocenters. The van der Waals surface area contributed by atoms with Gasteiger partial charge < -0.3 is 10.6 Å². The van der Waals surface area contributed by atoms with E-state index in [2.05, 4.69) is 15.5 Å². The summed E-state index contributed by atoms with van der Waals surface area (Å²) < 4.78 is 0. The Morgan fingerprint density at radius 1 is 1.13 bits per heavy atom. The zero-order valence-corrected chi connectivity index (χ0v) is 14.3. The lowest BCUT2D eigenvalue weighted by Gasteiger charge is -2.31. The number of aryl methyl sites for hydroxylation is 2. The summed E-state index contributed by atoms with van der Waals surface area (Å²) in [5.74, 6) is -0.273. The summed E-state index contributed by atoms with van der Waals surface area (Å²) in [5.41, 5.74) is 2.87. The van der Waals surface area contributed by atoms with Gasteiger partial charge >= 0.3 is 0 Å². The second-order valence-electron chi connectivity index (χ2n) is 6.31. The number of nitrogens with zero attached hydrogens (tertiary/aromatic N) is 1. The molecule has 0 aliphatic carbocycles. The minimum atomic E-state index is -0.193. The van der Waals surface area contributed by atoms with E-state index in [-0.39, 0.29) is 24.4 Å². The Balaban J connectivity index is 1.82. The van der Waals surface area contributed by atoms with E-state index in [4.69, 9.17) is 0 Å². The summed E-state index contributed by atoms with van der Waals surface area (Å²) in [5, 5.41) is 5.63. The highest BCUT2D eigenvalue weighted by Crippen LogP contribution is 2.19. The molecule has 23 heavy (non-hydrogen) atoms. The molecule has 0 spiro atoms. The second-order valence-corrected chi connectivity index (χ2v) is 6.31. The molecule has 2 amide bonds. The number of benzene rings is 1. The molecule has 126 valence electrons. The van der Waals surface area contributed by atoms with Gasteiger partial charge in [0.25, 0.3) is 0 Å². The van der Waals surface area contributed by atoms with Crippen LogP contribution in [0.15, 0.2) is 18.2 Å². The number of likely N-dealkylation sites (tertiary alicyclic amines) is 1. The molecule has 2 N–H and O–H groups in total. The van der Waals surface area contributed by atoms with Crippen molar-refractivity contribution in [2.75, 3.05) is 25.0 Å². The molecule has 0 radical (unpaired) electrons. The number of amides is 2. The monoisotopic (exact) mass is 317 g/mol. The molecule has 1 aromatic carbocycles. The molecule has 1 aliphatic heterocycles. The van der Waals surface area contributed by atoms with Crippen molar-refractivity contribution in [3.05, 3.63) is 29.3 Å². The third-order valence-corrected chi connectivity index (χ3v) is 4.49. The van der Waals surface area contributed by atoms with Crippen LogP contribution >= 0.6 is 0 Å². The maximum atomic E-state index is 12.2. The van der Waals surface area contributed by atoms with Crippen molar-refractivity contribution in [2.45, 2.75) is 46.1 Å². The average molecular weight is 317 g/mol. The first kappa shape index (κ1) is 17.5. The van der Waals surface area contributed by atoms with E-state index in [0.717, 1.165) is 42.7 Å². The number of piperidine rings is 1. The molecular formula is C18H27N3O2. The number of para-hydroxylation sites is 1. The Morgan fingerprint density at radius 2 is 1.74 bits per heavy atom. The van der Waals surface area contributed by atoms with Gasteiger partial charge in [-0.1, -0.05) is 24.6 Å². The predicted octanol–water partition coefficient (Wildman–Crippen LogP) is 2.23. The van der Waals surface area contributed by atoms with Crippen molar-refractivity contribution in [1.82, 2.24) is 10.2 Å². The van der Waals surface area contributed by atoms with E-state index < -0.39 is 0 Å². The fraction of sp³-hybridized carbons (Fsp3) is 0.556. The Bertz CT molecular complexity index is 545. The Morgan fingerprint density at radius 3 is 2.35 bits per heavy atom. The summed E-state index contributed by atoms with van der Waals surface area (Å²) in [6, 6.07) is 5.70. The Labute approximate surface area is 138 Å². The van der Waals surface area contributed by atoms with E-state index in [1.807, 2.05) is 39.0 Å². The van der Waals surface area contributed by atoms with Gasteiger partial charge in [0, 0.05) is 5.69 Å². The standard InChI is InChI=1S/C18H27N3O2/c1-13-8-7-9-14(2)17(13)20-16(22)12-19-18(23)15(3)21-10-5-4-6-11-21/h7-9,15H,4-6,10-12H2,1-3H3,(H,19,23)(H,20,22)/t15-/m0/s1. The lowest BCUT2D eigenvalue weighted by molar-refractivity contribution is -0.128. The zero-order valence-electron chi connectivity index (χ0n) is 14.3. The molecule has 0 unspecified atom stereocenters. The van der Waals surface area contributed by atoms with Crippen molar-refractivity contribution >= 4 is 17.5 Å². The summed E-state index contributed by atoms with van der Waals surface area (Å²) in [6.45, 7) is 7.75. The molecule has 1 fully saturated rings. The minimum absolute atomic E-state index is 0.00475. The van der Waals surface area contributed by atoms with E-state index in [9.17, 15) is 9.59 Å². The van der Waals surface area contributed by atoms with Crippen LogP contribution < -0.4 is 10.6 Å². The number of carbonyl (C=O) groups is 2. The van der Waals surface area contributed by atoms with Crippen LogP contribution in [0.3, 0.4) is 0 Å². The van der Waals surface area contributed by atoms with Crippen LogP contribution in [-0.2, 0) is 9.59 Å². The first-order valence-electron chi connectivity index (χ1n) is 8.37. The molecule has 0 bridgehead atoms. The fourth-order valence-corrected chi connectivity index (χ4v) is 2.98. The molecule has 0 aromatic heterocycles. The van der Waals surface area contributed by atoms with E-state index >= 15 is 0 Å². The zero-order chi connectivity index (χ0) is 16.8. The van der Waals surface area contributed by atoms with E-state index in [1.54, 1.807) is 0 Å². The number of anilines is 1. The molecule has 1 aliphatic rings. The minimum Gasteiger partial charge on any atom is -0.346 e. The van der Waals surface area contributed by atoms with Crippen molar-refractivity contribution in [2.24, 2.45) is 0 Å². The van der Waals surface area contributed by atoms with Gasteiger partial charge in [-0.3, -0.25) is 14.5 Å². The van der Waals surface area contributed by atoms with Crippen LogP contribution in [0.5, 0.6) is 0 Å². The van der Waals surface area contributed by atoms with Crippen LogP contribution in [0.4, 0.5) is 5.69 Å². The highest BCUT2D eigenvalue weighted by atomic mass is 16.2. The lowest BCUT2D eigenvalue weighted by atomic mass is 10.1. The fourth-order valence-electron chi connectivity index (χ4n) is 2.98. The highest BCUT2D eigenvalue weighted by Gasteiger charge is 2.23. The van der Waals surface area contributed by atoms with Gasteiger partial charge in [-0.2, -0.15) is 0 Å². The normalized spacial score (nSPS) is 16.7. The molecule has 0 saturated carbocycles. The summed E-state index contributed by atoms with van der Waals surface area (Å²) >= 11 is 0. The summed E-state index contributed by atoms with van der Waals surface area (Å²) in [4.78, 5) is 26.5. The average Bonchev–Trinajstić information content (AvgIpc) is 2.56. The quantitative estimate of drug-likeness (QED) is 0.875. The van der Waals surface area contributed by atoms with Crippen molar-refractivity contribution in [3.8, 4) is 0 Å². The van der Waals surface area contributed by atoms with Crippen LogP contribution in [0.1, 0.15) is 37.3 Å². The molecule has 2 rings (SSSR count). The molecule has 1 heterocycles. The summed E-state index contributed by atoms with van der Waals surface area (Å²) in [7, 11) is 0. The predicted molar refractivity (Wildman–Crippen MR) is 92.4 cm³/mol. The molecule has 1 aromatic rings. The Hall–Kier alpha value is -1.88. The van der Waals surface area contributed by atoms with Crippen LogP contribution in [-0.4, -0.2) is 42.4 Å². The van der Waals surface area contributed by atoms with Crippen molar-refractivity contribution in [1.29, 1.82) is 0 Å². The molecule has 1 saturated heterocycles. The lowest BCUT2D eigenvalue weighted by Crippen LogP contribution is -2.48. The van der Waals surface area contributed by atoms with Gasteiger partial charge in [-0.15, -0.1) is 0 Å². The SMILES string of the molecule is Cc1cccc(C)c1NC(=O)CNC(=O)[C@H](C)N1CCCCC1. The number of hydrogen-bond acceptors (Lipinski definition) is 3. The smallest absolute Gasteiger partial charge is 0.243 e.